The minimum absolute atomic E-state index is 0.0114. The van der Waals surface area contributed by atoms with Gasteiger partial charge in [0.1, 0.15) is 0 Å². The molecule has 0 aromatic carbocycles. The molecule has 1 fully saturated rings. The van der Waals surface area contributed by atoms with Crippen molar-refractivity contribution in [3.05, 3.63) is 24.5 Å². The topological polar surface area (TPSA) is 37.3 Å². The molecule has 2 nitrogen and oxygen atoms in total. The first-order valence-corrected chi connectivity index (χ1v) is 4.11. The van der Waals surface area contributed by atoms with Gasteiger partial charge in [-0.1, -0.05) is 13.0 Å². The predicted octanol–water partition coefficient (Wildman–Crippen LogP) is 2.37. The lowest BCUT2D eigenvalue weighted by atomic mass is 9.73. The van der Waals surface area contributed by atoms with Crippen LogP contribution in [0.15, 0.2) is 24.5 Å². The molecule has 0 spiro atoms. The molecule has 12 heavy (non-hydrogen) atoms. The van der Waals surface area contributed by atoms with E-state index >= 15 is 0 Å². The van der Waals surface area contributed by atoms with E-state index in [1.54, 1.807) is 0 Å². The standard InChI is InChI=1S/C10H14O2/c1-3-10(2)5-4-9(12)8(6-10)7-11/h3,7,11H,1,4-6H2,2H3. The molecule has 0 bridgehead atoms. The van der Waals surface area contributed by atoms with Crippen LogP contribution in [0.4, 0.5) is 0 Å². The molecule has 0 aromatic heterocycles. The van der Waals surface area contributed by atoms with Crippen LogP contribution in [-0.4, -0.2) is 10.9 Å². The van der Waals surface area contributed by atoms with E-state index in [1.165, 1.54) is 0 Å². The molecule has 0 saturated heterocycles. The molecule has 1 unspecified atom stereocenters. The first kappa shape index (κ1) is 9.04. The second kappa shape index (κ2) is 3.13. The van der Waals surface area contributed by atoms with Crippen molar-refractivity contribution in [2.24, 2.45) is 5.41 Å². The molecule has 0 aliphatic heterocycles. The minimum Gasteiger partial charge on any atom is -0.515 e. The van der Waals surface area contributed by atoms with Crippen LogP contribution in [0.25, 0.3) is 0 Å². The summed E-state index contributed by atoms with van der Waals surface area (Å²) in [7, 11) is 0. The Bertz CT molecular complexity index is 240. The number of Topliss-reactive ketones (excluding diaryl/α,β-unsaturated/α-hetero) is 1. The molecular formula is C10H14O2. The summed E-state index contributed by atoms with van der Waals surface area (Å²) in [6.45, 7) is 5.78. The van der Waals surface area contributed by atoms with Crippen molar-refractivity contribution in [2.45, 2.75) is 26.2 Å². The van der Waals surface area contributed by atoms with E-state index in [0.717, 1.165) is 12.7 Å². The number of allylic oxidation sites excluding steroid dienone is 2. The van der Waals surface area contributed by atoms with Gasteiger partial charge in [0.2, 0.25) is 0 Å². The van der Waals surface area contributed by atoms with E-state index in [0.29, 0.717) is 18.4 Å². The number of carbonyl (C=O) groups is 1. The monoisotopic (exact) mass is 166 g/mol. The fourth-order valence-electron chi connectivity index (χ4n) is 1.47. The van der Waals surface area contributed by atoms with Gasteiger partial charge in [0.25, 0.3) is 0 Å². The van der Waals surface area contributed by atoms with E-state index < -0.39 is 0 Å². The van der Waals surface area contributed by atoms with Gasteiger partial charge in [0, 0.05) is 12.0 Å². The molecule has 1 saturated carbocycles. The van der Waals surface area contributed by atoms with E-state index in [9.17, 15) is 4.79 Å². The minimum atomic E-state index is -0.0114. The fraction of sp³-hybridized carbons (Fsp3) is 0.500. The first-order valence-electron chi connectivity index (χ1n) is 4.11. The van der Waals surface area contributed by atoms with Crippen LogP contribution in [0.2, 0.25) is 0 Å². The fourth-order valence-corrected chi connectivity index (χ4v) is 1.47. The average Bonchev–Trinajstić information content (AvgIpc) is 2.10. The lowest BCUT2D eigenvalue weighted by molar-refractivity contribution is -0.117. The molecule has 0 heterocycles. The molecule has 1 aliphatic rings. The second-order valence-corrected chi connectivity index (χ2v) is 3.61. The maximum absolute atomic E-state index is 11.2. The Labute approximate surface area is 72.6 Å². The molecule has 1 rings (SSSR count). The largest absolute Gasteiger partial charge is 0.515 e. The highest BCUT2D eigenvalue weighted by Crippen LogP contribution is 2.37. The summed E-state index contributed by atoms with van der Waals surface area (Å²) in [6, 6.07) is 0. The van der Waals surface area contributed by atoms with Gasteiger partial charge in [-0.15, -0.1) is 6.58 Å². The van der Waals surface area contributed by atoms with E-state index in [4.69, 9.17) is 5.11 Å². The third-order valence-electron chi connectivity index (χ3n) is 2.52. The molecule has 1 N–H and O–H groups in total. The van der Waals surface area contributed by atoms with Crippen LogP contribution in [-0.2, 0) is 4.79 Å². The number of hydrogen-bond donors (Lipinski definition) is 1. The number of aliphatic hydroxyl groups excluding tert-OH is 1. The third-order valence-corrected chi connectivity index (χ3v) is 2.52. The number of rotatable bonds is 1. The Balaban J connectivity index is 2.81. The highest BCUT2D eigenvalue weighted by Gasteiger charge is 2.30. The Morgan fingerprint density at radius 3 is 2.83 bits per heavy atom. The van der Waals surface area contributed by atoms with Crippen LogP contribution in [0.5, 0.6) is 0 Å². The van der Waals surface area contributed by atoms with Crippen molar-refractivity contribution in [3.63, 3.8) is 0 Å². The first-order chi connectivity index (χ1) is 5.61. The summed E-state index contributed by atoms with van der Waals surface area (Å²) in [6.07, 6.45) is 4.78. The highest BCUT2D eigenvalue weighted by molar-refractivity contribution is 5.96. The number of aliphatic hydroxyl groups is 1. The van der Waals surface area contributed by atoms with Crippen molar-refractivity contribution < 1.29 is 9.90 Å². The molecule has 0 radical (unpaired) electrons. The zero-order valence-corrected chi connectivity index (χ0v) is 7.34. The highest BCUT2D eigenvalue weighted by atomic mass is 16.2. The Morgan fingerprint density at radius 2 is 2.33 bits per heavy atom. The number of hydrogen-bond acceptors (Lipinski definition) is 2. The van der Waals surface area contributed by atoms with E-state index in [1.807, 2.05) is 6.08 Å². The maximum Gasteiger partial charge on any atom is 0.161 e. The van der Waals surface area contributed by atoms with Crippen LogP contribution in [0.1, 0.15) is 26.2 Å². The van der Waals surface area contributed by atoms with Crippen molar-refractivity contribution in [1.82, 2.24) is 0 Å². The van der Waals surface area contributed by atoms with E-state index in [2.05, 4.69) is 13.5 Å². The van der Waals surface area contributed by atoms with Crippen LogP contribution < -0.4 is 0 Å². The molecular weight excluding hydrogens is 152 g/mol. The predicted molar refractivity (Wildman–Crippen MR) is 47.9 cm³/mol. The van der Waals surface area contributed by atoms with E-state index in [-0.39, 0.29) is 11.2 Å². The van der Waals surface area contributed by atoms with Gasteiger partial charge in [-0.25, -0.2) is 0 Å². The Hall–Kier alpha value is -1.05. The number of carbonyl (C=O) groups excluding carboxylic acids is 1. The van der Waals surface area contributed by atoms with Crippen LogP contribution in [0, 0.1) is 5.41 Å². The molecule has 0 aromatic rings. The van der Waals surface area contributed by atoms with Crippen LogP contribution in [0.3, 0.4) is 0 Å². The lowest BCUT2D eigenvalue weighted by Crippen LogP contribution is -2.24. The van der Waals surface area contributed by atoms with Gasteiger partial charge in [-0.2, -0.15) is 0 Å². The summed E-state index contributed by atoms with van der Waals surface area (Å²) in [5.41, 5.74) is 0.520. The Kier molecular flexibility index (Phi) is 2.36. The van der Waals surface area contributed by atoms with Crippen LogP contribution >= 0.6 is 0 Å². The van der Waals surface area contributed by atoms with Crippen molar-refractivity contribution in [1.29, 1.82) is 0 Å². The van der Waals surface area contributed by atoms with Gasteiger partial charge in [0.15, 0.2) is 5.78 Å². The smallest absolute Gasteiger partial charge is 0.161 e. The van der Waals surface area contributed by atoms with Crippen molar-refractivity contribution in [3.8, 4) is 0 Å². The van der Waals surface area contributed by atoms with Gasteiger partial charge in [-0.05, 0) is 18.3 Å². The van der Waals surface area contributed by atoms with Crippen molar-refractivity contribution in [2.75, 3.05) is 0 Å². The van der Waals surface area contributed by atoms with Gasteiger partial charge in [0.05, 0.1) is 6.26 Å². The van der Waals surface area contributed by atoms with Crippen molar-refractivity contribution >= 4 is 5.78 Å². The summed E-state index contributed by atoms with van der Waals surface area (Å²) in [5, 5.41) is 8.77. The lowest BCUT2D eigenvalue weighted by Gasteiger charge is -2.30. The van der Waals surface area contributed by atoms with Gasteiger partial charge >= 0.3 is 0 Å². The normalized spacial score (nSPS) is 33.8. The molecule has 66 valence electrons. The second-order valence-electron chi connectivity index (χ2n) is 3.61. The zero-order valence-electron chi connectivity index (χ0n) is 7.34. The molecule has 2 heteroatoms. The molecule has 1 atom stereocenters. The molecule has 1 aliphatic carbocycles. The average molecular weight is 166 g/mol. The summed E-state index contributed by atoms with van der Waals surface area (Å²) >= 11 is 0. The molecule has 0 amide bonds. The zero-order chi connectivity index (χ0) is 9.19. The summed E-state index contributed by atoms with van der Waals surface area (Å²) in [4.78, 5) is 11.2. The Morgan fingerprint density at radius 1 is 1.67 bits per heavy atom. The van der Waals surface area contributed by atoms with Gasteiger partial charge in [-0.3, -0.25) is 4.79 Å². The van der Waals surface area contributed by atoms with Gasteiger partial charge < -0.3 is 5.11 Å². The third kappa shape index (κ3) is 1.58. The quantitative estimate of drug-likeness (QED) is 0.369. The SMILES string of the molecule is C=CC1(C)CCC(=O)C(=CO)C1. The number of ketones is 1. The maximum atomic E-state index is 11.2. The summed E-state index contributed by atoms with van der Waals surface area (Å²) in [5.74, 6) is 0.0665. The summed E-state index contributed by atoms with van der Waals surface area (Å²) < 4.78 is 0.